The third kappa shape index (κ3) is 2.01. The van der Waals surface area contributed by atoms with E-state index in [2.05, 4.69) is 6.92 Å². The number of hydrogen-bond acceptors (Lipinski definition) is 1. The van der Waals surface area contributed by atoms with Gasteiger partial charge in [0.25, 0.3) is 0 Å². The van der Waals surface area contributed by atoms with Gasteiger partial charge in [0.2, 0.25) is 0 Å². The van der Waals surface area contributed by atoms with Gasteiger partial charge in [-0.05, 0) is 38.5 Å². The van der Waals surface area contributed by atoms with Crippen LogP contribution in [0.4, 0.5) is 0 Å². The Kier molecular flexibility index (Phi) is 2.69. The van der Waals surface area contributed by atoms with Gasteiger partial charge in [0.05, 0.1) is 12.2 Å². The zero-order chi connectivity index (χ0) is 8.39. The fourth-order valence-electron chi connectivity index (χ4n) is 2.30. The van der Waals surface area contributed by atoms with Crippen molar-refractivity contribution in [2.45, 2.75) is 64.1 Å². The molecule has 0 amide bonds. The van der Waals surface area contributed by atoms with E-state index in [0.29, 0.717) is 12.2 Å². The minimum Gasteiger partial charge on any atom is -0.375 e. The first-order valence-electron chi connectivity index (χ1n) is 5.50. The summed E-state index contributed by atoms with van der Waals surface area (Å²) in [4.78, 5) is 0. The molecule has 70 valence electrons. The van der Waals surface area contributed by atoms with E-state index >= 15 is 0 Å². The zero-order valence-electron chi connectivity index (χ0n) is 8.09. The monoisotopic (exact) mass is 168 g/mol. The highest BCUT2D eigenvalue weighted by Crippen LogP contribution is 2.33. The van der Waals surface area contributed by atoms with Crippen LogP contribution in [0, 0.1) is 5.92 Å². The summed E-state index contributed by atoms with van der Waals surface area (Å²) in [6, 6.07) is 0. The molecule has 12 heavy (non-hydrogen) atoms. The van der Waals surface area contributed by atoms with Crippen molar-refractivity contribution in [3.05, 3.63) is 0 Å². The summed E-state index contributed by atoms with van der Waals surface area (Å²) in [7, 11) is 0. The van der Waals surface area contributed by atoms with E-state index in [1.165, 1.54) is 44.9 Å². The molecular weight excluding hydrogens is 148 g/mol. The lowest BCUT2D eigenvalue weighted by Crippen LogP contribution is -2.15. The Balaban J connectivity index is 1.60. The second-order valence-electron chi connectivity index (χ2n) is 4.52. The standard InChI is InChI=1S/C11H20O/c1-9-5-7-11(12-9)8-6-10-3-2-4-10/h9-11H,2-8H2,1H3. The van der Waals surface area contributed by atoms with Crippen molar-refractivity contribution >= 4 is 0 Å². The minimum atomic E-state index is 0.538. The van der Waals surface area contributed by atoms with E-state index in [4.69, 9.17) is 4.74 Å². The lowest BCUT2D eigenvalue weighted by Gasteiger charge is -2.26. The molecule has 2 fully saturated rings. The predicted octanol–water partition coefficient (Wildman–Crippen LogP) is 3.13. The van der Waals surface area contributed by atoms with Gasteiger partial charge >= 0.3 is 0 Å². The average Bonchev–Trinajstić information content (AvgIpc) is 2.32. The van der Waals surface area contributed by atoms with Gasteiger partial charge in [-0.2, -0.15) is 0 Å². The van der Waals surface area contributed by atoms with Crippen LogP contribution < -0.4 is 0 Å². The Bertz CT molecular complexity index is 140. The molecule has 1 nitrogen and oxygen atoms in total. The molecule has 2 unspecified atom stereocenters. The van der Waals surface area contributed by atoms with Crippen LogP contribution in [0.2, 0.25) is 0 Å². The summed E-state index contributed by atoms with van der Waals surface area (Å²) in [5, 5.41) is 0. The molecule has 1 heteroatoms. The Hall–Kier alpha value is -0.0400. The van der Waals surface area contributed by atoms with Crippen molar-refractivity contribution < 1.29 is 4.74 Å². The molecule has 2 aliphatic rings. The molecule has 0 bridgehead atoms. The molecule has 1 aliphatic heterocycles. The van der Waals surface area contributed by atoms with Crippen molar-refractivity contribution in [1.29, 1.82) is 0 Å². The van der Waals surface area contributed by atoms with E-state index in [-0.39, 0.29) is 0 Å². The van der Waals surface area contributed by atoms with Crippen LogP contribution >= 0.6 is 0 Å². The number of ether oxygens (including phenoxy) is 1. The average molecular weight is 168 g/mol. The first-order chi connectivity index (χ1) is 5.84. The van der Waals surface area contributed by atoms with Gasteiger partial charge in [-0.25, -0.2) is 0 Å². The molecule has 1 heterocycles. The summed E-state index contributed by atoms with van der Waals surface area (Å²) < 4.78 is 5.78. The summed E-state index contributed by atoms with van der Waals surface area (Å²) >= 11 is 0. The largest absolute Gasteiger partial charge is 0.375 e. The molecule has 0 N–H and O–H groups in total. The van der Waals surface area contributed by atoms with E-state index in [1.54, 1.807) is 0 Å². The van der Waals surface area contributed by atoms with E-state index in [0.717, 1.165) is 5.92 Å². The normalized spacial score (nSPS) is 36.8. The van der Waals surface area contributed by atoms with Crippen molar-refractivity contribution in [3.8, 4) is 0 Å². The van der Waals surface area contributed by atoms with Crippen molar-refractivity contribution in [3.63, 3.8) is 0 Å². The van der Waals surface area contributed by atoms with Crippen LogP contribution in [0.3, 0.4) is 0 Å². The lowest BCUT2D eigenvalue weighted by molar-refractivity contribution is 0.0443. The molecule has 0 aromatic carbocycles. The molecule has 2 rings (SSSR count). The fourth-order valence-corrected chi connectivity index (χ4v) is 2.30. The molecule has 0 aromatic rings. The van der Waals surface area contributed by atoms with Crippen LogP contribution in [0.5, 0.6) is 0 Å². The van der Waals surface area contributed by atoms with Crippen molar-refractivity contribution in [1.82, 2.24) is 0 Å². The van der Waals surface area contributed by atoms with Gasteiger partial charge in [-0.3, -0.25) is 0 Å². The first-order valence-corrected chi connectivity index (χ1v) is 5.50. The highest BCUT2D eigenvalue weighted by Gasteiger charge is 2.24. The predicted molar refractivity (Wildman–Crippen MR) is 50.1 cm³/mol. The molecule has 0 spiro atoms. The second kappa shape index (κ2) is 3.78. The maximum Gasteiger partial charge on any atom is 0.0579 e. The minimum absolute atomic E-state index is 0.538. The summed E-state index contributed by atoms with van der Waals surface area (Å²) in [6.45, 7) is 2.20. The van der Waals surface area contributed by atoms with Crippen LogP contribution in [-0.2, 0) is 4.74 Å². The maximum atomic E-state index is 5.78. The van der Waals surface area contributed by atoms with Crippen LogP contribution in [0.15, 0.2) is 0 Å². The fraction of sp³-hybridized carbons (Fsp3) is 1.00. The van der Waals surface area contributed by atoms with Gasteiger partial charge < -0.3 is 4.74 Å². The maximum absolute atomic E-state index is 5.78. The lowest BCUT2D eigenvalue weighted by atomic mass is 9.81. The first kappa shape index (κ1) is 8.55. The third-order valence-corrected chi connectivity index (χ3v) is 3.44. The third-order valence-electron chi connectivity index (χ3n) is 3.44. The van der Waals surface area contributed by atoms with Crippen LogP contribution in [0.25, 0.3) is 0 Å². The van der Waals surface area contributed by atoms with Gasteiger partial charge in [0.15, 0.2) is 0 Å². The number of hydrogen-bond donors (Lipinski definition) is 0. The number of rotatable bonds is 3. The summed E-state index contributed by atoms with van der Waals surface area (Å²) in [5.74, 6) is 1.06. The van der Waals surface area contributed by atoms with Crippen molar-refractivity contribution in [2.24, 2.45) is 5.92 Å². The highest BCUT2D eigenvalue weighted by atomic mass is 16.5. The van der Waals surface area contributed by atoms with E-state index in [9.17, 15) is 0 Å². The molecule has 1 saturated carbocycles. The van der Waals surface area contributed by atoms with E-state index < -0.39 is 0 Å². The highest BCUT2D eigenvalue weighted by molar-refractivity contribution is 4.75. The van der Waals surface area contributed by atoms with Gasteiger partial charge in [0.1, 0.15) is 0 Å². The Labute approximate surface area is 75.5 Å². The summed E-state index contributed by atoms with van der Waals surface area (Å²) in [6.07, 6.45) is 11.0. The molecule has 2 atom stereocenters. The van der Waals surface area contributed by atoms with E-state index in [1.807, 2.05) is 0 Å². The smallest absolute Gasteiger partial charge is 0.0579 e. The Morgan fingerprint density at radius 1 is 1.08 bits per heavy atom. The molecule has 1 aliphatic carbocycles. The quantitative estimate of drug-likeness (QED) is 0.629. The molecule has 0 radical (unpaired) electrons. The van der Waals surface area contributed by atoms with Crippen LogP contribution in [0.1, 0.15) is 51.9 Å². The topological polar surface area (TPSA) is 9.23 Å². The van der Waals surface area contributed by atoms with Gasteiger partial charge in [-0.15, -0.1) is 0 Å². The van der Waals surface area contributed by atoms with Gasteiger partial charge in [-0.1, -0.05) is 19.3 Å². The SMILES string of the molecule is CC1CCC(CCC2CCC2)O1. The van der Waals surface area contributed by atoms with Gasteiger partial charge in [0, 0.05) is 0 Å². The molecule has 1 saturated heterocycles. The van der Waals surface area contributed by atoms with Crippen molar-refractivity contribution in [2.75, 3.05) is 0 Å². The zero-order valence-corrected chi connectivity index (χ0v) is 8.09. The Morgan fingerprint density at radius 3 is 2.42 bits per heavy atom. The Morgan fingerprint density at radius 2 is 1.92 bits per heavy atom. The second-order valence-corrected chi connectivity index (χ2v) is 4.52. The molecular formula is C11H20O. The van der Waals surface area contributed by atoms with Crippen LogP contribution in [-0.4, -0.2) is 12.2 Å². The summed E-state index contributed by atoms with van der Waals surface area (Å²) in [5.41, 5.74) is 0. The molecule has 0 aromatic heterocycles.